The van der Waals surface area contributed by atoms with Crippen LogP contribution in [-0.4, -0.2) is 42.0 Å². The predicted molar refractivity (Wildman–Crippen MR) is 66.7 cm³/mol. The molecule has 0 radical (unpaired) electrons. The second kappa shape index (κ2) is 9.31. The lowest BCUT2D eigenvalue weighted by Crippen LogP contribution is -2.24. The fourth-order valence-electron chi connectivity index (χ4n) is 1.13. The van der Waals surface area contributed by atoms with E-state index in [1.807, 2.05) is 0 Å². The van der Waals surface area contributed by atoms with E-state index < -0.39 is 10.8 Å². The molecule has 0 aromatic rings. The molecule has 3 nitrogen and oxygen atoms in total. The smallest absolute Gasteiger partial charge is 0.0587 e. The van der Waals surface area contributed by atoms with E-state index in [0.717, 1.165) is 31.9 Å². The lowest BCUT2D eigenvalue weighted by Gasteiger charge is -2.14. The summed E-state index contributed by atoms with van der Waals surface area (Å²) in [4.78, 5) is 0. The van der Waals surface area contributed by atoms with Crippen LogP contribution in [-0.2, 0) is 15.5 Å². The van der Waals surface area contributed by atoms with Gasteiger partial charge < -0.3 is 10.1 Å². The minimum absolute atomic E-state index is 0.309. The van der Waals surface area contributed by atoms with Gasteiger partial charge in [-0.25, -0.2) is 0 Å². The summed E-state index contributed by atoms with van der Waals surface area (Å²) in [6.45, 7) is 8.87. The SMILES string of the molecule is COCCNCCCS(=O)C(C)C(C)C. The van der Waals surface area contributed by atoms with Crippen molar-refractivity contribution in [1.82, 2.24) is 5.32 Å². The van der Waals surface area contributed by atoms with E-state index in [0.29, 0.717) is 11.2 Å². The molecule has 0 heterocycles. The van der Waals surface area contributed by atoms with Crippen LogP contribution in [0.1, 0.15) is 27.2 Å². The highest BCUT2D eigenvalue weighted by Gasteiger charge is 2.13. The van der Waals surface area contributed by atoms with E-state index in [1.165, 1.54) is 0 Å². The van der Waals surface area contributed by atoms with Crippen molar-refractivity contribution in [2.75, 3.05) is 32.6 Å². The van der Waals surface area contributed by atoms with Gasteiger partial charge in [-0.15, -0.1) is 0 Å². The third-order valence-corrected chi connectivity index (χ3v) is 4.60. The number of rotatable bonds is 9. The van der Waals surface area contributed by atoms with Gasteiger partial charge in [-0.05, 0) is 18.9 Å². The molecular weight excluding hydrogens is 210 g/mol. The molecule has 0 spiro atoms. The van der Waals surface area contributed by atoms with Gasteiger partial charge in [0, 0.05) is 35.5 Å². The topological polar surface area (TPSA) is 38.3 Å². The first-order valence-corrected chi connectivity index (χ1v) is 7.04. The van der Waals surface area contributed by atoms with E-state index in [4.69, 9.17) is 4.74 Å². The van der Waals surface area contributed by atoms with Crippen LogP contribution in [0.5, 0.6) is 0 Å². The molecule has 15 heavy (non-hydrogen) atoms. The quantitative estimate of drug-likeness (QED) is 0.614. The number of nitrogens with one attached hydrogen (secondary N) is 1. The van der Waals surface area contributed by atoms with E-state index in [1.54, 1.807) is 7.11 Å². The fraction of sp³-hybridized carbons (Fsp3) is 1.00. The van der Waals surface area contributed by atoms with Gasteiger partial charge in [0.05, 0.1) is 6.61 Å². The minimum Gasteiger partial charge on any atom is -0.383 e. The maximum atomic E-state index is 11.7. The Kier molecular flexibility index (Phi) is 9.35. The fourth-order valence-corrected chi connectivity index (χ4v) is 2.54. The molecule has 0 saturated heterocycles. The molecule has 0 aliphatic carbocycles. The summed E-state index contributed by atoms with van der Waals surface area (Å²) in [7, 11) is 1.02. The summed E-state index contributed by atoms with van der Waals surface area (Å²) in [6, 6.07) is 0. The first kappa shape index (κ1) is 15.1. The van der Waals surface area contributed by atoms with E-state index >= 15 is 0 Å². The van der Waals surface area contributed by atoms with Gasteiger partial charge in [0.2, 0.25) is 0 Å². The zero-order chi connectivity index (χ0) is 11.7. The van der Waals surface area contributed by atoms with Gasteiger partial charge in [-0.1, -0.05) is 20.8 Å². The van der Waals surface area contributed by atoms with Crippen LogP contribution < -0.4 is 5.32 Å². The highest BCUT2D eigenvalue weighted by molar-refractivity contribution is 7.85. The molecule has 0 aliphatic rings. The molecule has 92 valence electrons. The number of ether oxygens (including phenoxy) is 1. The van der Waals surface area contributed by atoms with Crippen molar-refractivity contribution in [3.8, 4) is 0 Å². The largest absolute Gasteiger partial charge is 0.383 e. The van der Waals surface area contributed by atoms with Gasteiger partial charge in [0.15, 0.2) is 0 Å². The number of hydrogen-bond donors (Lipinski definition) is 1. The van der Waals surface area contributed by atoms with Crippen LogP contribution in [0.25, 0.3) is 0 Å². The Morgan fingerprint density at radius 1 is 1.27 bits per heavy atom. The highest BCUT2D eigenvalue weighted by Crippen LogP contribution is 2.08. The van der Waals surface area contributed by atoms with Gasteiger partial charge in [-0.2, -0.15) is 0 Å². The monoisotopic (exact) mass is 235 g/mol. The van der Waals surface area contributed by atoms with Gasteiger partial charge in [0.1, 0.15) is 0 Å². The van der Waals surface area contributed by atoms with Crippen molar-refractivity contribution in [3.05, 3.63) is 0 Å². The Balaban J connectivity index is 3.39. The molecule has 0 aliphatic heterocycles. The van der Waals surface area contributed by atoms with Crippen LogP contribution >= 0.6 is 0 Å². The van der Waals surface area contributed by atoms with Crippen molar-refractivity contribution in [1.29, 1.82) is 0 Å². The summed E-state index contributed by atoms with van der Waals surface area (Å²) in [5, 5.41) is 3.56. The molecule has 0 aromatic carbocycles. The van der Waals surface area contributed by atoms with Crippen LogP contribution in [0.2, 0.25) is 0 Å². The minimum atomic E-state index is -0.673. The average molecular weight is 235 g/mol. The van der Waals surface area contributed by atoms with Crippen molar-refractivity contribution in [2.45, 2.75) is 32.4 Å². The maximum Gasteiger partial charge on any atom is 0.0587 e. The standard InChI is InChI=1S/C11H25NO2S/c1-10(2)11(3)15(13)9-5-6-12-7-8-14-4/h10-12H,5-9H2,1-4H3. The Bertz CT molecular complexity index is 174. The molecule has 1 N–H and O–H groups in total. The Morgan fingerprint density at radius 3 is 2.47 bits per heavy atom. The summed E-state index contributed by atoms with van der Waals surface area (Å²) >= 11 is 0. The molecule has 4 heteroatoms. The lowest BCUT2D eigenvalue weighted by molar-refractivity contribution is 0.199. The van der Waals surface area contributed by atoms with E-state index in [9.17, 15) is 4.21 Å². The molecule has 0 aromatic heterocycles. The summed E-state index contributed by atoms with van der Waals surface area (Å²) < 4.78 is 16.6. The van der Waals surface area contributed by atoms with Crippen molar-refractivity contribution in [2.24, 2.45) is 5.92 Å². The molecule has 2 unspecified atom stereocenters. The number of hydrogen-bond acceptors (Lipinski definition) is 3. The van der Waals surface area contributed by atoms with Crippen LogP contribution in [0.4, 0.5) is 0 Å². The van der Waals surface area contributed by atoms with Gasteiger partial charge in [0.25, 0.3) is 0 Å². The summed E-state index contributed by atoms with van der Waals surface area (Å²) in [5.74, 6) is 1.31. The summed E-state index contributed by atoms with van der Waals surface area (Å²) in [5.41, 5.74) is 0. The van der Waals surface area contributed by atoms with E-state index in [-0.39, 0.29) is 0 Å². The van der Waals surface area contributed by atoms with Crippen LogP contribution in [0, 0.1) is 5.92 Å². The molecule has 0 bridgehead atoms. The summed E-state index contributed by atoms with van der Waals surface area (Å²) in [6.07, 6.45) is 0.980. The average Bonchev–Trinajstić information content (AvgIpc) is 2.21. The van der Waals surface area contributed by atoms with Crippen molar-refractivity contribution < 1.29 is 8.95 Å². The Labute approximate surface area is 96.4 Å². The molecular formula is C11H25NO2S. The normalized spacial score (nSPS) is 15.5. The zero-order valence-electron chi connectivity index (χ0n) is 10.4. The second-order valence-electron chi connectivity index (χ2n) is 4.13. The predicted octanol–water partition coefficient (Wildman–Crippen LogP) is 1.41. The molecule has 0 rings (SSSR count). The first-order valence-electron chi connectivity index (χ1n) is 5.66. The first-order chi connectivity index (χ1) is 7.09. The molecule has 0 fully saturated rings. The number of methoxy groups -OCH3 is 1. The maximum absolute atomic E-state index is 11.7. The van der Waals surface area contributed by atoms with Crippen LogP contribution in [0.3, 0.4) is 0 Å². The lowest BCUT2D eigenvalue weighted by atomic mass is 10.2. The molecule has 2 atom stereocenters. The van der Waals surface area contributed by atoms with E-state index in [2.05, 4.69) is 26.1 Å². The third kappa shape index (κ3) is 7.94. The van der Waals surface area contributed by atoms with Crippen molar-refractivity contribution >= 4 is 10.8 Å². The second-order valence-corrected chi connectivity index (χ2v) is 6.04. The molecule has 0 amide bonds. The Hall–Kier alpha value is 0.0700. The zero-order valence-corrected chi connectivity index (χ0v) is 11.2. The van der Waals surface area contributed by atoms with Crippen molar-refractivity contribution in [3.63, 3.8) is 0 Å². The highest BCUT2D eigenvalue weighted by atomic mass is 32.2. The van der Waals surface area contributed by atoms with Gasteiger partial charge >= 0.3 is 0 Å². The van der Waals surface area contributed by atoms with Crippen LogP contribution in [0.15, 0.2) is 0 Å². The molecule has 0 saturated carbocycles. The third-order valence-electron chi connectivity index (χ3n) is 2.54. The van der Waals surface area contributed by atoms with Gasteiger partial charge in [-0.3, -0.25) is 4.21 Å². The Morgan fingerprint density at radius 2 is 1.93 bits per heavy atom.